The molecule has 0 radical (unpaired) electrons. The van der Waals surface area contributed by atoms with Crippen LogP contribution in [0.1, 0.15) is 125 Å². The summed E-state index contributed by atoms with van der Waals surface area (Å²) in [5.74, 6) is 3.67. The second kappa shape index (κ2) is 10.5. The van der Waals surface area contributed by atoms with Crippen molar-refractivity contribution in [3.63, 3.8) is 0 Å². The van der Waals surface area contributed by atoms with Gasteiger partial charge < -0.3 is 9.84 Å². The maximum atomic E-state index is 13.0. The Bertz CT molecular complexity index is 1270. The lowest BCUT2D eigenvalue weighted by molar-refractivity contribution is -0.179. The van der Waals surface area contributed by atoms with E-state index < -0.39 is 0 Å². The van der Waals surface area contributed by atoms with Crippen LogP contribution in [0.4, 0.5) is 0 Å². The third-order valence-corrected chi connectivity index (χ3v) is 15.1. The minimum absolute atomic E-state index is 0.0120. The number of carbonyl (C=O) groups excluding carboxylic acids is 1. The molecule has 3 heteroatoms. The number of ether oxygens (including phenoxy) is 1. The van der Waals surface area contributed by atoms with Gasteiger partial charge in [-0.15, -0.1) is 0 Å². The van der Waals surface area contributed by atoms with Gasteiger partial charge in [-0.05, 0) is 146 Å². The third kappa shape index (κ3) is 4.60. The number of carbonyl (C=O) groups is 1. The quantitative estimate of drug-likeness (QED) is 0.187. The van der Waals surface area contributed by atoms with Gasteiger partial charge in [-0.1, -0.05) is 72.8 Å². The van der Waals surface area contributed by atoms with Crippen LogP contribution in [0.15, 0.2) is 42.5 Å². The molecule has 1 unspecified atom stereocenters. The fourth-order valence-electron chi connectivity index (χ4n) is 12.3. The van der Waals surface area contributed by atoms with E-state index in [2.05, 4.69) is 55.0 Å². The first kappa shape index (κ1) is 31.0. The molecular formula is C40H58O3. The van der Waals surface area contributed by atoms with Crippen LogP contribution >= 0.6 is 0 Å². The summed E-state index contributed by atoms with van der Waals surface area (Å²) in [5, 5.41) is 9.54. The zero-order valence-corrected chi connectivity index (χ0v) is 28.2. The number of fused-ring (bicyclic) bond motifs is 2. The Morgan fingerprint density at radius 2 is 1.60 bits per heavy atom. The van der Waals surface area contributed by atoms with E-state index in [0.717, 1.165) is 29.7 Å². The van der Waals surface area contributed by atoms with Gasteiger partial charge in [-0.2, -0.15) is 0 Å². The molecule has 0 aliphatic heterocycles. The van der Waals surface area contributed by atoms with Crippen LogP contribution in [0.3, 0.4) is 0 Å². The first-order valence-corrected chi connectivity index (χ1v) is 17.6. The molecule has 0 aromatic heterocycles. The second-order valence-electron chi connectivity index (χ2n) is 17.2. The Hall–Kier alpha value is -2.03. The molecule has 0 saturated heterocycles. The largest absolute Gasteiger partial charge is 0.508 e. The van der Waals surface area contributed by atoms with Gasteiger partial charge in [0.1, 0.15) is 11.9 Å². The summed E-state index contributed by atoms with van der Waals surface area (Å²) in [7, 11) is 0. The zero-order valence-electron chi connectivity index (χ0n) is 28.2. The average molecular weight is 587 g/mol. The summed E-state index contributed by atoms with van der Waals surface area (Å²) in [5.41, 5.74) is 4.16. The van der Waals surface area contributed by atoms with Crippen LogP contribution in [0.5, 0.6) is 5.75 Å². The Labute approximate surface area is 262 Å². The van der Waals surface area contributed by atoms with E-state index in [1.807, 2.05) is 12.1 Å². The monoisotopic (exact) mass is 586 g/mol. The normalized spacial score (nSPS) is 41.6. The van der Waals surface area contributed by atoms with Crippen molar-refractivity contribution in [3.8, 4) is 5.75 Å². The molecule has 3 nitrogen and oxygen atoms in total. The van der Waals surface area contributed by atoms with E-state index >= 15 is 0 Å². The van der Waals surface area contributed by atoms with E-state index in [0.29, 0.717) is 33.5 Å². The van der Waals surface area contributed by atoms with Gasteiger partial charge in [0, 0.05) is 11.5 Å². The maximum Gasteiger partial charge on any atom is 0.331 e. The minimum atomic E-state index is -0.245. The Kier molecular flexibility index (Phi) is 7.58. The molecule has 5 aliphatic carbocycles. The van der Waals surface area contributed by atoms with Gasteiger partial charge in [0.05, 0.1) is 0 Å². The molecular weight excluding hydrogens is 528 g/mol. The molecule has 43 heavy (non-hydrogen) atoms. The molecule has 6 rings (SSSR count). The molecule has 236 valence electrons. The predicted molar refractivity (Wildman–Crippen MR) is 176 cm³/mol. The average Bonchev–Trinajstić information content (AvgIpc) is 3.54. The standard InChI is InChI=1S/C40H58O3/c1-26(2)27(3)9-10-28(4)31-19-21-38(8)33-17-16-32-36(5,6)34(43-35(42)18-13-29-11-14-30(41)15-12-29)20-22-39(32)25-40(33,39)24-23-37(31,38)7/h11-15,18,26,28,31-34,41H,3,9-10,16-17,19-25H2,1-2,4-8H3/b18-13+/t28-,31-,32+,33+,34?,37-,38+,39-,40+/m1/s1. The fourth-order valence-corrected chi connectivity index (χ4v) is 12.3. The Morgan fingerprint density at radius 3 is 2.30 bits per heavy atom. The van der Waals surface area contributed by atoms with Crippen LogP contribution in [-0.2, 0) is 9.53 Å². The lowest BCUT2D eigenvalue weighted by atomic mass is 9.41. The molecule has 5 fully saturated rings. The molecule has 0 heterocycles. The van der Waals surface area contributed by atoms with Crippen molar-refractivity contribution < 1.29 is 14.6 Å². The number of hydrogen-bond acceptors (Lipinski definition) is 3. The summed E-state index contributed by atoms with van der Waals surface area (Å²) < 4.78 is 6.22. The number of rotatable bonds is 8. The zero-order chi connectivity index (χ0) is 31.0. The Morgan fingerprint density at radius 1 is 0.930 bits per heavy atom. The summed E-state index contributed by atoms with van der Waals surface area (Å²) >= 11 is 0. The van der Waals surface area contributed by atoms with Crippen LogP contribution in [-0.4, -0.2) is 17.2 Å². The number of phenols is 1. The van der Waals surface area contributed by atoms with Gasteiger partial charge in [0.2, 0.25) is 0 Å². The van der Waals surface area contributed by atoms with Crippen molar-refractivity contribution >= 4 is 12.0 Å². The fraction of sp³-hybridized carbons (Fsp3) is 0.725. The highest BCUT2D eigenvalue weighted by molar-refractivity contribution is 5.87. The highest BCUT2D eigenvalue weighted by atomic mass is 16.5. The van der Waals surface area contributed by atoms with E-state index in [9.17, 15) is 9.90 Å². The number of aromatic hydroxyl groups is 1. The van der Waals surface area contributed by atoms with Gasteiger partial charge in [0.15, 0.2) is 0 Å². The van der Waals surface area contributed by atoms with Gasteiger partial charge in [-0.3, -0.25) is 0 Å². The van der Waals surface area contributed by atoms with Crippen molar-refractivity contribution in [1.82, 2.24) is 0 Å². The van der Waals surface area contributed by atoms with E-state index in [-0.39, 0.29) is 23.2 Å². The number of hydrogen-bond donors (Lipinski definition) is 1. The smallest absolute Gasteiger partial charge is 0.331 e. The van der Waals surface area contributed by atoms with Crippen molar-refractivity contribution in [2.24, 2.45) is 56.7 Å². The SMILES string of the molecule is C=C(CC[C@@H](C)[C@H]1CC[C@@]2(C)[C@@H]3CC[C@H]4C(C)(C)C(OC(=O)/C=C/c5ccc(O)cc5)CC[C@@]45C[C@@]35CC[C@]12C)C(C)C. The molecule has 5 aliphatic rings. The molecule has 0 bridgehead atoms. The number of allylic oxidation sites excluding steroid dienone is 1. The van der Waals surface area contributed by atoms with E-state index in [1.165, 1.54) is 69.8 Å². The van der Waals surface area contributed by atoms with Gasteiger partial charge in [-0.25, -0.2) is 4.79 Å². The van der Waals surface area contributed by atoms with Crippen LogP contribution < -0.4 is 0 Å². The summed E-state index contributed by atoms with van der Waals surface area (Å²) in [6.45, 7) is 21.8. The maximum absolute atomic E-state index is 13.0. The molecule has 1 N–H and O–H groups in total. The highest BCUT2D eigenvalue weighted by Crippen LogP contribution is 2.89. The van der Waals surface area contributed by atoms with Crippen molar-refractivity contribution in [3.05, 3.63) is 48.1 Å². The third-order valence-electron chi connectivity index (χ3n) is 15.1. The van der Waals surface area contributed by atoms with Crippen LogP contribution in [0.2, 0.25) is 0 Å². The summed E-state index contributed by atoms with van der Waals surface area (Å²) in [6.07, 6.45) is 17.7. The van der Waals surface area contributed by atoms with Gasteiger partial charge >= 0.3 is 5.97 Å². The molecule has 2 spiro atoms. The lowest BCUT2D eigenvalue weighted by Crippen LogP contribution is -2.58. The topological polar surface area (TPSA) is 46.5 Å². The molecule has 5 saturated carbocycles. The highest BCUT2D eigenvalue weighted by Gasteiger charge is 2.82. The van der Waals surface area contributed by atoms with Crippen LogP contribution in [0, 0.1) is 56.7 Å². The minimum Gasteiger partial charge on any atom is -0.508 e. The number of benzene rings is 1. The summed E-state index contributed by atoms with van der Waals surface area (Å²) in [6, 6.07) is 6.90. The molecule has 1 aromatic rings. The number of phenolic OH excluding ortho intramolecular Hbond substituents is 1. The first-order valence-electron chi connectivity index (χ1n) is 17.6. The second-order valence-corrected chi connectivity index (χ2v) is 17.2. The van der Waals surface area contributed by atoms with Crippen molar-refractivity contribution in [2.75, 3.05) is 0 Å². The predicted octanol–water partition coefficient (Wildman–Crippen LogP) is 10.4. The van der Waals surface area contributed by atoms with E-state index in [1.54, 1.807) is 24.3 Å². The molecule has 0 amide bonds. The Balaban J connectivity index is 1.15. The van der Waals surface area contributed by atoms with Gasteiger partial charge in [0.25, 0.3) is 0 Å². The van der Waals surface area contributed by atoms with Crippen LogP contribution in [0.25, 0.3) is 6.08 Å². The molecule has 1 aromatic carbocycles. The number of esters is 1. The van der Waals surface area contributed by atoms with Crippen molar-refractivity contribution in [2.45, 2.75) is 125 Å². The van der Waals surface area contributed by atoms with E-state index in [4.69, 9.17) is 4.74 Å². The molecule has 9 atom stereocenters. The first-order chi connectivity index (χ1) is 20.2. The summed E-state index contributed by atoms with van der Waals surface area (Å²) in [4.78, 5) is 13.0. The lowest BCUT2D eigenvalue weighted by Gasteiger charge is -2.63. The van der Waals surface area contributed by atoms with Crippen molar-refractivity contribution in [1.29, 1.82) is 0 Å².